The molecule has 2 nitrogen and oxygen atoms in total. The SMILES string of the molecule is CC/C(C#N)=C(/N)c1ccc(C)cc1Cl. The molecule has 78 valence electrons. The van der Waals surface area contributed by atoms with E-state index in [4.69, 9.17) is 22.6 Å². The molecular formula is C12H13ClN2. The molecule has 1 aromatic rings. The zero-order valence-corrected chi connectivity index (χ0v) is 9.60. The Balaban J connectivity index is 3.29. The van der Waals surface area contributed by atoms with E-state index >= 15 is 0 Å². The number of aryl methyl sites for hydroxylation is 1. The van der Waals surface area contributed by atoms with Crippen LogP contribution in [0.5, 0.6) is 0 Å². The molecule has 0 bridgehead atoms. The number of benzene rings is 1. The standard InChI is InChI=1S/C12H13ClN2/c1-3-9(7-14)12(15)10-5-4-8(2)6-11(10)13/h4-6H,3,15H2,1-2H3/b12-9-. The molecule has 0 fully saturated rings. The van der Waals surface area contributed by atoms with Gasteiger partial charge in [-0.1, -0.05) is 30.7 Å². The van der Waals surface area contributed by atoms with E-state index in [-0.39, 0.29) is 0 Å². The van der Waals surface area contributed by atoms with Gasteiger partial charge in [0.05, 0.1) is 22.4 Å². The van der Waals surface area contributed by atoms with Crippen molar-refractivity contribution in [2.45, 2.75) is 20.3 Å². The summed E-state index contributed by atoms with van der Waals surface area (Å²) in [6.45, 7) is 3.86. The third-order valence-corrected chi connectivity index (χ3v) is 2.54. The van der Waals surface area contributed by atoms with E-state index in [0.717, 1.165) is 11.1 Å². The highest BCUT2D eigenvalue weighted by atomic mass is 35.5. The molecule has 0 spiro atoms. The predicted molar refractivity (Wildman–Crippen MR) is 63.2 cm³/mol. The smallest absolute Gasteiger partial charge is 0.0968 e. The van der Waals surface area contributed by atoms with Crippen molar-refractivity contribution in [3.8, 4) is 6.07 Å². The quantitative estimate of drug-likeness (QED) is 0.778. The van der Waals surface area contributed by atoms with Gasteiger partial charge in [-0.3, -0.25) is 0 Å². The molecule has 0 aliphatic rings. The van der Waals surface area contributed by atoms with Crippen molar-refractivity contribution >= 4 is 17.3 Å². The molecule has 15 heavy (non-hydrogen) atoms. The Morgan fingerprint density at radius 3 is 2.67 bits per heavy atom. The summed E-state index contributed by atoms with van der Waals surface area (Å²) in [6.07, 6.45) is 0.618. The summed E-state index contributed by atoms with van der Waals surface area (Å²) in [6, 6.07) is 7.71. The number of nitrogens with two attached hydrogens (primary N) is 1. The first-order valence-corrected chi connectivity index (χ1v) is 5.13. The van der Waals surface area contributed by atoms with Crippen molar-refractivity contribution in [3.63, 3.8) is 0 Å². The Labute approximate surface area is 95.0 Å². The van der Waals surface area contributed by atoms with Crippen LogP contribution >= 0.6 is 11.6 Å². The maximum Gasteiger partial charge on any atom is 0.0968 e. The minimum atomic E-state index is 0.477. The van der Waals surface area contributed by atoms with Gasteiger partial charge in [0.25, 0.3) is 0 Å². The van der Waals surface area contributed by atoms with Crippen LogP contribution in [0, 0.1) is 18.3 Å². The Hall–Kier alpha value is -1.46. The number of allylic oxidation sites excluding steroid dienone is 1. The van der Waals surface area contributed by atoms with E-state index in [2.05, 4.69) is 6.07 Å². The summed E-state index contributed by atoms with van der Waals surface area (Å²) in [7, 11) is 0. The lowest BCUT2D eigenvalue weighted by atomic mass is 10.0. The van der Waals surface area contributed by atoms with E-state index < -0.39 is 0 Å². The minimum Gasteiger partial charge on any atom is -0.397 e. The van der Waals surface area contributed by atoms with Crippen LogP contribution in [-0.2, 0) is 0 Å². The first-order valence-electron chi connectivity index (χ1n) is 4.75. The topological polar surface area (TPSA) is 49.8 Å². The Morgan fingerprint density at radius 1 is 1.53 bits per heavy atom. The zero-order valence-electron chi connectivity index (χ0n) is 8.84. The van der Waals surface area contributed by atoms with E-state index in [0.29, 0.717) is 22.7 Å². The number of nitrogens with zero attached hydrogens (tertiary/aromatic N) is 1. The second-order valence-corrected chi connectivity index (χ2v) is 3.75. The molecule has 2 N–H and O–H groups in total. The molecule has 1 aromatic carbocycles. The van der Waals surface area contributed by atoms with Crippen molar-refractivity contribution in [1.82, 2.24) is 0 Å². The van der Waals surface area contributed by atoms with Crippen molar-refractivity contribution in [3.05, 3.63) is 39.9 Å². The van der Waals surface area contributed by atoms with Gasteiger partial charge in [-0.2, -0.15) is 5.26 Å². The van der Waals surface area contributed by atoms with E-state index in [1.807, 2.05) is 32.0 Å². The average molecular weight is 221 g/mol. The highest BCUT2D eigenvalue weighted by Crippen LogP contribution is 2.24. The van der Waals surface area contributed by atoms with Crippen LogP contribution in [0.1, 0.15) is 24.5 Å². The number of hydrogen-bond acceptors (Lipinski definition) is 2. The largest absolute Gasteiger partial charge is 0.397 e. The number of nitriles is 1. The molecule has 0 heterocycles. The molecule has 0 unspecified atom stereocenters. The molecule has 0 aromatic heterocycles. The third kappa shape index (κ3) is 2.51. The van der Waals surface area contributed by atoms with Gasteiger partial charge in [-0.05, 0) is 25.0 Å². The zero-order chi connectivity index (χ0) is 11.4. The number of hydrogen-bond donors (Lipinski definition) is 1. The summed E-state index contributed by atoms with van der Waals surface area (Å²) in [5.74, 6) is 0. The molecule has 0 saturated carbocycles. The van der Waals surface area contributed by atoms with Crippen LogP contribution < -0.4 is 5.73 Å². The van der Waals surface area contributed by atoms with Crippen molar-refractivity contribution in [1.29, 1.82) is 5.26 Å². The van der Waals surface area contributed by atoms with Crippen LogP contribution in [-0.4, -0.2) is 0 Å². The molecule has 0 atom stereocenters. The number of rotatable bonds is 2. The third-order valence-electron chi connectivity index (χ3n) is 2.23. The monoisotopic (exact) mass is 220 g/mol. The van der Waals surface area contributed by atoms with Crippen molar-refractivity contribution in [2.24, 2.45) is 5.73 Å². The van der Waals surface area contributed by atoms with E-state index in [1.165, 1.54) is 0 Å². The molecule has 0 amide bonds. The highest BCUT2D eigenvalue weighted by Gasteiger charge is 2.07. The van der Waals surface area contributed by atoms with Gasteiger partial charge in [0.15, 0.2) is 0 Å². The van der Waals surface area contributed by atoms with E-state index in [9.17, 15) is 0 Å². The van der Waals surface area contributed by atoms with Gasteiger partial charge >= 0.3 is 0 Å². The van der Waals surface area contributed by atoms with Crippen LogP contribution in [0.3, 0.4) is 0 Å². The summed E-state index contributed by atoms with van der Waals surface area (Å²) in [4.78, 5) is 0. The summed E-state index contributed by atoms with van der Waals surface area (Å²) in [5.41, 5.74) is 8.74. The van der Waals surface area contributed by atoms with Crippen LogP contribution in [0.4, 0.5) is 0 Å². The fourth-order valence-corrected chi connectivity index (χ4v) is 1.67. The lowest BCUT2D eigenvalue weighted by molar-refractivity contribution is 1.14. The lowest BCUT2D eigenvalue weighted by Crippen LogP contribution is -2.01. The lowest BCUT2D eigenvalue weighted by Gasteiger charge is -2.07. The van der Waals surface area contributed by atoms with Crippen molar-refractivity contribution < 1.29 is 0 Å². The second-order valence-electron chi connectivity index (χ2n) is 3.34. The molecule has 0 radical (unpaired) electrons. The highest BCUT2D eigenvalue weighted by molar-refractivity contribution is 6.32. The van der Waals surface area contributed by atoms with Crippen LogP contribution in [0.2, 0.25) is 5.02 Å². The van der Waals surface area contributed by atoms with Gasteiger partial charge in [-0.25, -0.2) is 0 Å². The average Bonchev–Trinajstić information content (AvgIpc) is 2.19. The van der Waals surface area contributed by atoms with Crippen LogP contribution in [0.25, 0.3) is 5.70 Å². The Kier molecular flexibility index (Phi) is 3.76. The van der Waals surface area contributed by atoms with Crippen LogP contribution in [0.15, 0.2) is 23.8 Å². The second kappa shape index (κ2) is 4.86. The Morgan fingerprint density at radius 2 is 2.20 bits per heavy atom. The summed E-state index contributed by atoms with van der Waals surface area (Å²) < 4.78 is 0. The molecular weight excluding hydrogens is 208 g/mol. The van der Waals surface area contributed by atoms with Gasteiger partial charge < -0.3 is 5.73 Å². The Bertz CT molecular complexity index is 441. The summed E-state index contributed by atoms with van der Waals surface area (Å²) in [5, 5.41) is 9.46. The molecule has 0 aliphatic carbocycles. The maximum absolute atomic E-state index is 8.87. The molecule has 0 saturated heterocycles. The van der Waals surface area contributed by atoms with E-state index in [1.54, 1.807) is 0 Å². The normalized spacial score (nSPS) is 11.9. The first-order chi connectivity index (χ1) is 7.10. The fourth-order valence-electron chi connectivity index (χ4n) is 1.33. The number of halogens is 1. The van der Waals surface area contributed by atoms with Gasteiger partial charge in [0, 0.05) is 5.56 Å². The minimum absolute atomic E-state index is 0.477. The molecule has 3 heteroatoms. The fraction of sp³-hybridized carbons (Fsp3) is 0.250. The van der Waals surface area contributed by atoms with Gasteiger partial charge in [0.1, 0.15) is 0 Å². The van der Waals surface area contributed by atoms with Gasteiger partial charge in [-0.15, -0.1) is 0 Å². The van der Waals surface area contributed by atoms with Gasteiger partial charge in [0.2, 0.25) is 0 Å². The first kappa shape index (κ1) is 11.6. The van der Waals surface area contributed by atoms with Crippen molar-refractivity contribution in [2.75, 3.05) is 0 Å². The maximum atomic E-state index is 8.87. The summed E-state index contributed by atoms with van der Waals surface area (Å²) >= 11 is 6.06. The molecule has 1 rings (SSSR count). The predicted octanol–water partition coefficient (Wildman–Crippen LogP) is 3.25. The molecule has 0 aliphatic heterocycles.